The highest BCUT2D eigenvalue weighted by atomic mass is 16.1. The van der Waals surface area contributed by atoms with Crippen LogP contribution < -0.4 is 5.73 Å². The van der Waals surface area contributed by atoms with Crippen LogP contribution in [0.5, 0.6) is 0 Å². The number of carbonyl (C=O) groups excluding carboxylic acids is 1. The lowest BCUT2D eigenvalue weighted by Gasteiger charge is -2.01. The summed E-state index contributed by atoms with van der Waals surface area (Å²) in [6.07, 6.45) is 2.22. The second kappa shape index (κ2) is 4.65. The predicted molar refractivity (Wildman–Crippen MR) is 53.3 cm³/mol. The van der Waals surface area contributed by atoms with Crippen molar-refractivity contribution in [3.05, 3.63) is 35.4 Å². The Morgan fingerprint density at radius 2 is 2.08 bits per heavy atom. The Morgan fingerprint density at radius 1 is 1.38 bits per heavy atom. The summed E-state index contributed by atoms with van der Waals surface area (Å²) in [5.74, 6) is -0.234. The molecule has 0 atom stereocenters. The third kappa shape index (κ3) is 3.28. The summed E-state index contributed by atoms with van der Waals surface area (Å²) in [6, 6.07) is 8.27. The van der Waals surface area contributed by atoms with Gasteiger partial charge in [-0.3, -0.25) is 4.79 Å². The Morgan fingerprint density at radius 3 is 2.69 bits per heavy atom. The van der Waals surface area contributed by atoms with Gasteiger partial charge in [-0.15, -0.1) is 0 Å². The Hall–Kier alpha value is -1.31. The fraction of sp³-hybridized carbons (Fsp3) is 0.364. The Kier molecular flexibility index (Phi) is 3.50. The van der Waals surface area contributed by atoms with Gasteiger partial charge in [0.05, 0.1) is 0 Å². The standard InChI is InChI=1S/C11H15NO/c1-2-9-4-3-5-10(8-9)6-7-11(12)13/h3-5,8H,2,6-7H2,1H3,(H2,12,13). The Balaban J connectivity index is 2.61. The molecule has 0 aliphatic carbocycles. The Labute approximate surface area is 78.8 Å². The van der Waals surface area contributed by atoms with Crippen molar-refractivity contribution in [2.75, 3.05) is 0 Å². The topological polar surface area (TPSA) is 43.1 Å². The molecule has 0 bridgehead atoms. The number of aryl methyl sites for hydroxylation is 2. The van der Waals surface area contributed by atoms with E-state index in [2.05, 4.69) is 19.1 Å². The van der Waals surface area contributed by atoms with E-state index < -0.39 is 0 Å². The van der Waals surface area contributed by atoms with Crippen molar-refractivity contribution in [3.8, 4) is 0 Å². The largest absolute Gasteiger partial charge is 0.370 e. The number of rotatable bonds is 4. The minimum Gasteiger partial charge on any atom is -0.370 e. The summed E-state index contributed by atoms with van der Waals surface area (Å²) in [7, 11) is 0. The van der Waals surface area contributed by atoms with E-state index >= 15 is 0 Å². The molecule has 2 nitrogen and oxygen atoms in total. The number of hydrogen-bond donors (Lipinski definition) is 1. The summed E-state index contributed by atoms with van der Waals surface area (Å²) in [5.41, 5.74) is 7.57. The van der Waals surface area contributed by atoms with Gasteiger partial charge in [-0.25, -0.2) is 0 Å². The molecule has 0 radical (unpaired) electrons. The average molecular weight is 177 g/mol. The molecule has 1 aromatic carbocycles. The first-order valence-electron chi connectivity index (χ1n) is 4.58. The van der Waals surface area contributed by atoms with Gasteiger partial charge in [0, 0.05) is 6.42 Å². The third-order valence-electron chi connectivity index (χ3n) is 2.06. The van der Waals surface area contributed by atoms with E-state index in [1.54, 1.807) is 0 Å². The SMILES string of the molecule is CCc1cccc(CCC(N)=O)c1. The lowest BCUT2D eigenvalue weighted by Crippen LogP contribution is -2.11. The molecular weight excluding hydrogens is 162 g/mol. The van der Waals surface area contributed by atoms with Crippen molar-refractivity contribution < 1.29 is 4.79 Å². The molecule has 0 heterocycles. The van der Waals surface area contributed by atoms with Gasteiger partial charge in [0.25, 0.3) is 0 Å². The third-order valence-corrected chi connectivity index (χ3v) is 2.06. The minimum atomic E-state index is -0.234. The fourth-order valence-corrected chi connectivity index (χ4v) is 1.27. The van der Waals surface area contributed by atoms with Crippen LogP contribution in [0.1, 0.15) is 24.5 Å². The molecular formula is C11H15NO. The molecule has 0 aliphatic rings. The van der Waals surface area contributed by atoms with Crippen LogP contribution in [-0.4, -0.2) is 5.91 Å². The first-order chi connectivity index (χ1) is 6.22. The second-order valence-electron chi connectivity index (χ2n) is 3.14. The van der Waals surface area contributed by atoms with Crippen molar-refractivity contribution in [1.82, 2.24) is 0 Å². The smallest absolute Gasteiger partial charge is 0.217 e. The summed E-state index contributed by atoms with van der Waals surface area (Å²) in [5, 5.41) is 0. The maximum absolute atomic E-state index is 10.5. The lowest BCUT2D eigenvalue weighted by molar-refractivity contribution is -0.117. The van der Waals surface area contributed by atoms with E-state index in [1.807, 2.05) is 12.1 Å². The van der Waals surface area contributed by atoms with Gasteiger partial charge in [0.15, 0.2) is 0 Å². The first kappa shape index (κ1) is 9.78. The van der Waals surface area contributed by atoms with Gasteiger partial charge >= 0.3 is 0 Å². The van der Waals surface area contributed by atoms with Crippen LogP contribution in [0.2, 0.25) is 0 Å². The average Bonchev–Trinajstić information content (AvgIpc) is 2.15. The summed E-state index contributed by atoms with van der Waals surface area (Å²) < 4.78 is 0. The van der Waals surface area contributed by atoms with E-state index in [9.17, 15) is 4.79 Å². The summed E-state index contributed by atoms with van der Waals surface area (Å²) in [4.78, 5) is 10.5. The van der Waals surface area contributed by atoms with Crippen LogP contribution >= 0.6 is 0 Å². The number of carbonyl (C=O) groups is 1. The quantitative estimate of drug-likeness (QED) is 0.746. The summed E-state index contributed by atoms with van der Waals surface area (Å²) in [6.45, 7) is 2.12. The monoisotopic (exact) mass is 177 g/mol. The molecule has 0 unspecified atom stereocenters. The highest BCUT2D eigenvalue weighted by Gasteiger charge is 1.97. The molecule has 0 aliphatic heterocycles. The van der Waals surface area contributed by atoms with Crippen molar-refractivity contribution in [3.63, 3.8) is 0 Å². The lowest BCUT2D eigenvalue weighted by atomic mass is 10.1. The van der Waals surface area contributed by atoms with Gasteiger partial charge in [-0.05, 0) is 24.0 Å². The van der Waals surface area contributed by atoms with Crippen molar-refractivity contribution in [1.29, 1.82) is 0 Å². The van der Waals surface area contributed by atoms with Gasteiger partial charge in [-0.1, -0.05) is 31.2 Å². The molecule has 1 rings (SSSR count). The zero-order chi connectivity index (χ0) is 9.68. The van der Waals surface area contributed by atoms with Crippen LogP contribution in [0.25, 0.3) is 0 Å². The zero-order valence-electron chi connectivity index (χ0n) is 7.92. The number of primary amides is 1. The molecule has 13 heavy (non-hydrogen) atoms. The van der Waals surface area contributed by atoms with E-state index in [-0.39, 0.29) is 5.91 Å². The highest BCUT2D eigenvalue weighted by molar-refractivity contribution is 5.73. The van der Waals surface area contributed by atoms with E-state index in [0.717, 1.165) is 12.8 Å². The van der Waals surface area contributed by atoms with Gasteiger partial charge < -0.3 is 5.73 Å². The van der Waals surface area contributed by atoms with Gasteiger partial charge in [-0.2, -0.15) is 0 Å². The van der Waals surface area contributed by atoms with Crippen LogP contribution in [-0.2, 0) is 17.6 Å². The molecule has 0 saturated carbocycles. The van der Waals surface area contributed by atoms with E-state index in [1.165, 1.54) is 11.1 Å². The van der Waals surface area contributed by atoms with Crippen molar-refractivity contribution >= 4 is 5.91 Å². The fourth-order valence-electron chi connectivity index (χ4n) is 1.27. The van der Waals surface area contributed by atoms with Crippen LogP contribution in [0.4, 0.5) is 0 Å². The van der Waals surface area contributed by atoms with Gasteiger partial charge in [0.1, 0.15) is 0 Å². The number of benzene rings is 1. The second-order valence-corrected chi connectivity index (χ2v) is 3.14. The molecule has 0 fully saturated rings. The van der Waals surface area contributed by atoms with Crippen molar-refractivity contribution in [2.24, 2.45) is 5.73 Å². The number of amides is 1. The van der Waals surface area contributed by atoms with Gasteiger partial charge in [0.2, 0.25) is 5.91 Å². The van der Waals surface area contributed by atoms with E-state index in [0.29, 0.717) is 6.42 Å². The highest BCUT2D eigenvalue weighted by Crippen LogP contribution is 2.07. The van der Waals surface area contributed by atoms with Crippen molar-refractivity contribution in [2.45, 2.75) is 26.2 Å². The molecule has 0 aromatic heterocycles. The molecule has 1 aromatic rings. The maximum Gasteiger partial charge on any atom is 0.217 e. The molecule has 2 heteroatoms. The molecule has 0 saturated heterocycles. The molecule has 0 spiro atoms. The first-order valence-corrected chi connectivity index (χ1v) is 4.58. The maximum atomic E-state index is 10.5. The Bertz CT molecular complexity index is 294. The van der Waals surface area contributed by atoms with E-state index in [4.69, 9.17) is 5.73 Å². The van der Waals surface area contributed by atoms with Crippen LogP contribution in [0.3, 0.4) is 0 Å². The number of nitrogens with two attached hydrogens (primary N) is 1. The molecule has 70 valence electrons. The van der Waals surface area contributed by atoms with Crippen LogP contribution in [0, 0.1) is 0 Å². The number of hydrogen-bond acceptors (Lipinski definition) is 1. The normalized spacial score (nSPS) is 9.92. The van der Waals surface area contributed by atoms with Crippen LogP contribution in [0.15, 0.2) is 24.3 Å². The summed E-state index contributed by atoms with van der Waals surface area (Å²) >= 11 is 0. The predicted octanol–water partition coefficient (Wildman–Crippen LogP) is 1.67. The molecule has 2 N–H and O–H groups in total. The molecule has 1 amide bonds. The minimum absolute atomic E-state index is 0.234. The zero-order valence-corrected chi connectivity index (χ0v) is 7.92.